The standard InChI is InChI=1S/C8H8N4/c9-7-2-1-3-8(6-7)12-5-4-10-11-12/h1-6H,9H2. The molecule has 4 heteroatoms. The first-order chi connectivity index (χ1) is 5.86. The lowest BCUT2D eigenvalue weighted by molar-refractivity contribution is 0.803. The Labute approximate surface area is 69.6 Å². The molecule has 2 rings (SSSR count). The van der Waals surface area contributed by atoms with Gasteiger partial charge >= 0.3 is 0 Å². The number of nitrogens with zero attached hydrogens (tertiary/aromatic N) is 3. The highest BCUT2D eigenvalue weighted by atomic mass is 15.4. The van der Waals surface area contributed by atoms with Crippen LogP contribution in [-0.4, -0.2) is 15.0 Å². The van der Waals surface area contributed by atoms with Crippen molar-refractivity contribution in [2.45, 2.75) is 0 Å². The Bertz CT molecular complexity index is 366. The summed E-state index contributed by atoms with van der Waals surface area (Å²) in [5.41, 5.74) is 7.25. The number of benzene rings is 1. The number of nitrogens with two attached hydrogens (primary N) is 1. The summed E-state index contributed by atoms with van der Waals surface area (Å²) >= 11 is 0. The van der Waals surface area contributed by atoms with Crippen molar-refractivity contribution < 1.29 is 0 Å². The van der Waals surface area contributed by atoms with E-state index in [1.165, 1.54) is 0 Å². The van der Waals surface area contributed by atoms with E-state index in [-0.39, 0.29) is 0 Å². The summed E-state index contributed by atoms with van der Waals surface area (Å²) in [5.74, 6) is 0. The summed E-state index contributed by atoms with van der Waals surface area (Å²) in [4.78, 5) is 0. The fourth-order valence-electron chi connectivity index (χ4n) is 1.01. The van der Waals surface area contributed by atoms with Crippen LogP contribution in [0.3, 0.4) is 0 Å². The number of anilines is 1. The molecule has 1 heterocycles. The summed E-state index contributed by atoms with van der Waals surface area (Å²) < 4.78 is 1.66. The molecule has 4 nitrogen and oxygen atoms in total. The molecule has 0 saturated heterocycles. The first-order valence-corrected chi connectivity index (χ1v) is 3.58. The molecular weight excluding hydrogens is 152 g/mol. The van der Waals surface area contributed by atoms with Crippen LogP contribution >= 0.6 is 0 Å². The molecule has 0 saturated carbocycles. The van der Waals surface area contributed by atoms with E-state index >= 15 is 0 Å². The van der Waals surface area contributed by atoms with Crippen molar-refractivity contribution in [3.63, 3.8) is 0 Å². The lowest BCUT2D eigenvalue weighted by atomic mass is 10.3. The first kappa shape index (κ1) is 6.84. The SMILES string of the molecule is Nc1cccc(-n2ccnn2)c1. The van der Waals surface area contributed by atoms with Crippen molar-refractivity contribution >= 4 is 5.69 Å². The van der Waals surface area contributed by atoms with Crippen LogP contribution in [0.5, 0.6) is 0 Å². The third-order valence-electron chi connectivity index (χ3n) is 1.56. The molecule has 0 bridgehead atoms. The minimum Gasteiger partial charge on any atom is -0.399 e. The van der Waals surface area contributed by atoms with E-state index in [0.29, 0.717) is 0 Å². The largest absolute Gasteiger partial charge is 0.399 e. The van der Waals surface area contributed by atoms with Crippen LogP contribution < -0.4 is 5.73 Å². The normalized spacial score (nSPS) is 10.0. The fourth-order valence-corrected chi connectivity index (χ4v) is 1.01. The second-order valence-electron chi connectivity index (χ2n) is 2.44. The Kier molecular flexibility index (Phi) is 1.51. The maximum Gasteiger partial charge on any atom is 0.0697 e. The highest BCUT2D eigenvalue weighted by molar-refractivity contribution is 5.46. The van der Waals surface area contributed by atoms with E-state index in [4.69, 9.17) is 5.73 Å². The van der Waals surface area contributed by atoms with Crippen LogP contribution in [-0.2, 0) is 0 Å². The second-order valence-corrected chi connectivity index (χ2v) is 2.44. The average Bonchev–Trinajstić information content (AvgIpc) is 2.56. The van der Waals surface area contributed by atoms with Crippen molar-refractivity contribution in [1.82, 2.24) is 15.0 Å². The molecule has 2 N–H and O–H groups in total. The molecule has 1 aromatic heterocycles. The van der Waals surface area contributed by atoms with Gasteiger partial charge in [0.1, 0.15) is 0 Å². The molecule has 0 unspecified atom stereocenters. The maximum atomic E-state index is 5.60. The van der Waals surface area contributed by atoms with Gasteiger partial charge in [-0.05, 0) is 18.2 Å². The van der Waals surface area contributed by atoms with Crippen molar-refractivity contribution in [3.8, 4) is 5.69 Å². The lowest BCUT2D eigenvalue weighted by Crippen LogP contribution is -1.95. The third kappa shape index (κ3) is 1.14. The van der Waals surface area contributed by atoms with Gasteiger partial charge in [-0.15, -0.1) is 5.10 Å². The molecule has 0 fully saturated rings. The molecule has 0 aliphatic rings. The fraction of sp³-hybridized carbons (Fsp3) is 0. The van der Waals surface area contributed by atoms with E-state index in [1.54, 1.807) is 17.1 Å². The zero-order valence-corrected chi connectivity index (χ0v) is 6.38. The summed E-state index contributed by atoms with van der Waals surface area (Å²) in [5, 5.41) is 7.54. The molecule has 60 valence electrons. The molecule has 1 aromatic carbocycles. The Morgan fingerprint density at radius 1 is 1.33 bits per heavy atom. The predicted octanol–water partition coefficient (Wildman–Crippen LogP) is 0.849. The summed E-state index contributed by atoms with van der Waals surface area (Å²) in [6.45, 7) is 0. The van der Waals surface area contributed by atoms with Crippen LogP contribution in [0.1, 0.15) is 0 Å². The number of nitrogen functional groups attached to an aromatic ring is 1. The quantitative estimate of drug-likeness (QED) is 0.629. The van der Waals surface area contributed by atoms with Crippen molar-refractivity contribution in [1.29, 1.82) is 0 Å². The highest BCUT2D eigenvalue weighted by Gasteiger charge is 1.95. The van der Waals surface area contributed by atoms with Gasteiger partial charge in [0.2, 0.25) is 0 Å². The van der Waals surface area contributed by atoms with E-state index in [0.717, 1.165) is 11.4 Å². The van der Waals surface area contributed by atoms with Crippen molar-refractivity contribution in [2.24, 2.45) is 0 Å². The molecular formula is C8H8N4. The maximum absolute atomic E-state index is 5.60. The van der Waals surface area contributed by atoms with Gasteiger partial charge in [0.05, 0.1) is 18.1 Å². The van der Waals surface area contributed by atoms with Crippen LogP contribution in [0, 0.1) is 0 Å². The molecule has 0 amide bonds. The molecule has 0 aliphatic carbocycles. The molecule has 12 heavy (non-hydrogen) atoms. The van der Waals surface area contributed by atoms with E-state index in [9.17, 15) is 0 Å². The van der Waals surface area contributed by atoms with Gasteiger partial charge < -0.3 is 5.73 Å². The second kappa shape index (κ2) is 2.65. The van der Waals surface area contributed by atoms with Gasteiger partial charge in [0.25, 0.3) is 0 Å². The minimum absolute atomic E-state index is 0.725. The minimum atomic E-state index is 0.725. The van der Waals surface area contributed by atoms with Crippen LogP contribution in [0.15, 0.2) is 36.7 Å². The van der Waals surface area contributed by atoms with Crippen molar-refractivity contribution in [3.05, 3.63) is 36.7 Å². The molecule has 0 radical (unpaired) electrons. The smallest absolute Gasteiger partial charge is 0.0697 e. The molecule has 0 atom stereocenters. The van der Waals surface area contributed by atoms with Gasteiger partial charge in [-0.3, -0.25) is 0 Å². The number of aromatic nitrogens is 3. The monoisotopic (exact) mass is 160 g/mol. The molecule has 2 aromatic rings. The summed E-state index contributed by atoms with van der Waals surface area (Å²) in [6.07, 6.45) is 3.40. The first-order valence-electron chi connectivity index (χ1n) is 3.58. The van der Waals surface area contributed by atoms with Crippen LogP contribution in [0.25, 0.3) is 5.69 Å². The van der Waals surface area contributed by atoms with Crippen LogP contribution in [0.2, 0.25) is 0 Å². The lowest BCUT2D eigenvalue weighted by Gasteiger charge is -1.99. The Balaban J connectivity index is 2.48. The summed E-state index contributed by atoms with van der Waals surface area (Å²) in [6, 6.07) is 7.48. The number of hydrogen-bond acceptors (Lipinski definition) is 3. The van der Waals surface area contributed by atoms with Gasteiger partial charge in [-0.2, -0.15) is 0 Å². The third-order valence-corrected chi connectivity index (χ3v) is 1.56. The van der Waals surface area contributed by atoms with Gasteiger partial charge in [0, 0.05) is 5.69 Å². The Hall–Kier alpha value is -1.84. The topological polar surface area (TPSA) is 56.7 Å². The van der Waals surface area contributed by atoms with Crippen molar-refractivity contribution in [2.75, 3.05) is 5.73 Å². The van der Waals surface area contributed by atoms with Crippen LogP contribution in [0.4, 0.5) is 5.69 Å². The predicted molar refractivity (Wildman–Crippen MR) is 45.8 cm³/mol. The van der Waals surface area contributed by atoms with E-state index in [2.05, 4.69) is 10.3 Å². The zero-order chi connectivity index (χ0) is 8.39. The van der Waals surface area contributed by atoms with E-state index in [1.807, 2.05) is 24.3 Å². The Morgan fingerprint density at radius 3 is 2.92 bits per heavy atom. The number of rotatable bonds is 1. The van der Waals surface area contributed by atoms with Gasteiger partial charge in [0.15, 0.2) is 0 Å². The van der Waals surface area contributed by atoms with E-state index < -0.39 is 0 Å². The summed E-state index contributed by atoms with van der Waals surface area (Å²) in [7, 11) is 0. The molecule has 0 spiro atoms. The number of hydrogen-bond donors (Lipinski definition) is 1. The zero-order valence-electron chi connectivity index (χ0n) is 6.38. The highest BCUT2D eigenvalue weighted by Crippen LogP contribution is 2.09. The average molecular weight is 160 g/mol. The van der Waals surface area contributed by atoms with Gasteiger partial charge in [-0.25, -0.2) is 4.68 Å². The Morgan fingerprint density at radius 2 is 2.25 bits per heavy atom. The van der Waals surface area contributed by atoms with Gasteiger partial charge in [-0.1, -0.05) is 11.3 Å². The molecule has 0 aliphatic heterocycles.